The van der Waals surface area contributed by atoms with E-state index in [4.69, 9.17) is 0 Å². The summed E-state index contributed by atoms with van der Waals surface area (Å²) in [7, 11) is 0. The summed E-state index contributed by atoms with van der Waals surface area (Å²) in [4.78, 5) is 5.31. The van der Waals surface area contributed by atoms with Gasteiger partial charge in [-0.1, -0.05) is 49.1 Å². The van der Waals surface area contributed by atoms with Crippen molar-refractivity contribution in [2.75, 3.05) is 26.2 Å². The monoisotopic (exact) mass is 396 g/mol. The largest absolute Gasteiger partial charge is 0.298 e. The second-order valence-corrected chi connectivity index (χ2v) is 9.80. The van der Waals surface area contributed by atoms with E-state index in [0.717, 1.165) is 38.0 Å². The van der Waals surface area contributed by atoms with Gasteiger partial charge in [0.1, 0.15) is 0 Å². The maximum absolute atomic E-state index is 4.51. The molecule has 6 heteroatoms. The van der Waals surface area contributed by atoms with E-state index in [1.165, 1.54) is 43.2 Å². The molecule has 0 radical (unpaired) electrons. The van der Waals surface area contributed by atoms with E-state index < -0.39 is 0 Å². The second-order valence-electron chi connectivity index (χ2n) is 9.80. The van der Waals surface area contributed by atoms with Crippen LogP contribution in [0.2, 0.25) is 0 Å². The Morgan fingerprint density at radius 1 is 0.931 bits per heavy atom. The van der Waals surface area contributed by atoms with Crippen LogP contribution in [0, 0.1) is 6.92 Å². The predicted octanol–water partition coefficient (Wildman–Crippen LogP) is 3.78. The normalized spacial score (nSPS) is 21.4. The molecule has 1 aliphatic heterocycles. The fourth-order valence-corrected chi connectivity index (χ4v) is 4.92. The molecule has 4 rings (SSSR count). The lowest BCUT2D eigenvalue weighted by Gasteiger charge is -2.43. The third-order valence-electron chi connectivity index (χ3n) is 6.57. The van der Waals surface area contributed by atoms with Crippen LogP contribution in [0.1, 0.15) is 75.9 Å². The van der Waals surface area contributed by atoms with Gasteiger partial charge in [0.05, 0.1) is 11.6 Å². The van der Waals surface area contributed by atoms with Crippen molar-refractivity contribution in [1.82, 2.24) is 30.0 Å². The van der Waals surface area contributed by atoms with E-state index in [0.29, 0.717) is 0 Å². The van der Waals surface area contributed by atoms with Crippen molar-refractivity contribution >= 4 is 0 Å². The molecule has 2 fully saturated rings. The Balaban J connectivity index is 1.58. The smallest absolute Gasteiger partial charge is 0.173 e. The van der Waals surface area contributed by atoms with Crippen LogP contribution in [0.15, 0.2) is 24.3 Å². The van der Waals surface area contributed by atoms with Crippen LogP contribution in [-0.4, -0.2) is 62.2 Å². The molecule has 1 atom stereocenters. The first-order valence-corrected chi connectivity index (χ1v) is 11.3. The first-order chi connectivity index (χ1) is 13.9. The van der Waals surface area contributed by atoms with Crippen molar-refractivity contribution in [1.29, 1.82) is 0 Å². The quantitative estimate of drug-likeness (QED) is 0.787. The van der Waals surface area contributed by atoms with E-state index in [9.17, 15) is 0 Å². The Labute approximate surface area is 175 Å². The molecule has 1 saturated heterocycles. The highest BCUT2D eigenvalue weighted by Crippen LogP contribution is 2.32. The van der Waals surface area contributed by atoms with Gasteiger partial charge < -0.3 is 0 Å². The van der Waals surface area contributed by atoms with Crippen LogP contribution < -0.4 is 0 Å². The molecule has 1 aromatic heterocycles. The maximum atomic E-state index is 4.51. The van der Waals surface area contributed by atoms with Gasteiger partial charge in [0.2, 0.25) is 0 Å². The highest BCUT2D eigenvalue weighted by Gasteiger charge is 2.34. The Kier molecular flexibility index (Phi) is 6.02. The van der Waals surface area contributed by atoms with Gasteiger partial charge in [0, 0.05) is 32.2 Å². The standard InChI is InChI=1S/C23H36N6/c1-18-10-12-19(13-11-18)21(22-24-25-26-29(22)23(2,3)4)28-16-14-27(15-17-28)20-8-6-5-7-9-20/h10-13,20-21H,5-9,14-17H2,1-4H3/t21-/m1/s1. The van der Waals surface area contributed by atoms with E-state index in [2.05, 4.69) is 77.3 Å². The summed E-state index contributed by atoms with van der Waals surface area (Å²) in [5.41, 5.74) is 2.41. The lowest BCUT2D eigenvalue weighted by molar-refractivity contribution is 0.0609. The van der Waals surface area contributed by atoms with Crippen LogP contribution in [0.5, 0.6) is 0 Å². The molecule has 6 nitrogen and oxygen atoms in total. The first-order valence-electron chi connectivity index (χ1n) is 11.3. The summed E-state index contributed by atoms with van der Waals surface area (Å²) in [6, 6.07) is 9.78. The molecule has 2 aromatic rings. The zero-order valence-electron chi connectivity index (χ0n) is 18.5. The maximum Gasteiger partial charge on any atom is 0.173 e. The Morgan fingerprint density at radius 3 is 2.21 bits per heavy atom. The van der Waals surface area contributed by atoms with E-state index in [-0.39, 0.29) is 11.6 Å². The lowest BCUT2D eigenvalue weighted by Crippen LogP contribution is -2.52. The Bertz CT molecular complexity index is 776. The number of benzene rings is 1. The number of rotatable bonds is 4. The summed E-state index contributed by atoms with van der Waals surface area (Å²) in [5.74, 6) is 0.951. The van der Waals surface area contributed by atoms with Gasteiger partial charge in [-0.2, -0.15) is 0 Å². The highest BCUT2D eigenvalue weighted by molar-refractivity contribution is 5.28. The van der Waals surface area contributed by atoms with Crippen molar-refractivity contribution in [3.05, 3.63) is 41.2 Å². The zero-order chi connectivity index (χ0) is 20.4. The summed E-state index contributed by atoms with van der Waals surface area (Å²) in [5, 5.41) is 12.9. The molecule has 1 aliphatic carbocycles. The molecule has 0 unspecified atom stereocenters. The van der Waals surface area contributed by atoms with Gasteiger partial charge in [-0.15, -0.1) is 5.10 Å². The third-order valence-corrected chi connectivity index (χ3v) is 6.57. The van der Waals surface area contributed by atoms with E-state index in [1.54, 1.807) is 0 Å². The Morgan fingerprint density at radius 2 is 1.59 bits per heavy atom. The average Bonchev–Trinajstić information content (AvgIpc) is 3.21. The number of hydrogen-bond donors (Lipinski definition) is 0. The summed E-state index contributed by atoms with van der Waals surface area (Å²) >= 11 is 0. The van der Waals surface area contributed by atoms with Gasteiger partial charge in [-0.25, -0.2) is 4.68 Å². The number of tetrazole rings is 1. The predicted molar refractivity (Wildman–Crippen MR) is 116 cm³/mol. The minimum absolute atomic E-state index is 0.0957. The van der Waals surface area contributed by atoms with E-state index in [1.807, 2.05) is 4.68 Å². The van der Waals surface area contributed by atoms with Crippen LogP contribution in [0.4, 0.5) is 0 Å². The van der Waals surface area contributed by atoms with E-state index >= 15 is 0 Å². The molecular weight excluding hydrogens is 360 g/mol. The fraction of sp³-hybridized carbons (Fsp3) is 0.696. The second kappa shape index (κ2) is 8.52. The molecule has 0 bridgehead atoms. The highest BCUT2D eigenvalue weighted by atomic mass is 15.6. The van der Waals surface area contributed by atoms with Gasteiger partial charge in [0.15, 0.2) is 5.82 Å². The number of aryl methyl sites for hydroxylation is 1. The van der Waals surface area contributed by atoms with Gasteiger partial charge >= 0.3 is 0 Å². The average molecular weight is 397 g/mol. The molecule has 0 spiro atoms. The molecular formula is C23H36N6. The SMILES string of the molecule is Cc1ccc([C@H](c2nnnn2C(C)(C)C)N2CCN(C3CCCCC3)CC2)cc1. The molecule has 0 amide bonds. The van der Waals surface area contributed by atoms with Crippen molar-refractivity contribution in [2.24, 2.45) is 0 Å². The topological polar surface area (TPSA) is 50.1 Å². The van der Waals surface area contributed by atoms with Crippen molar-refractivity contribution < 1.29 is 0 Å². The van der Waals surface area contributed by atoms with Crippen molar-refractivity contribution in [3.63, 3.8) is 0 Å². The molecule has 2 heterocycles. The van der Waals surface area contributed by atoms with Crippen LogP contribution in [0.25, 0.3) is 0 Å². The van der Waals surface area contributed by atoms with Crippen LogP contribution >= 0.6 is 0 Å². The fourth-order valence-electron chi connectivity index (χ4n) is 4.92. The van der Waals surface area contributed by atoms with Gasteiger partial charge in [0.25, 0.3) is 0 Å². The number of hydrogen-bond acceptors (Lipinski definition) is 5. The van der Waals surface area contributed by atoms with Gasteiger partial charge in [-0.3, -0.25) is 9.80 Å². The summed E-state index contributed by atoms with van der Waals surface area (Å²) in [6.45, 7) is 13.0. The molecule has 0 N–H and O–H groups in total. The first kappa shape index (κ1) is 20.5. The minimum atomic E-state index is -0.147. The zero-order valence-corrected chi connectivity index (χ0v) is 18.5. The molecule has 1 aromatic carbocycles. The summed E-state index contributed by atoms with van der Waals surface area (Å²) < 4.78 is 2.00. The third kappa shape index (κ3) is 4.53. The minimum Gasteiger partial charge on any atom is -0.298 e. The number of aromatic nitrogens is 4. The van der Waals surface area contributed by atoms with Crippen molar-refractivity contribution in [3.8, 4) is 0 Å². The lowest BCUT2D eigenvalue weighted by atomic mass is 9.93. The number of nitrogens with zero attached hydrogens (tertiary/aromatic N) is 6. The van der Waals surface area contributed by atoms with Crippen LogP contribution in [-0.2, 0) is 5.54 Å². The molecule has 1 saturated carbocycles. The Hall–Kier alpha value is -1.79. The molecule has 29 heavy (non-hydrogen) atoms. The van der Waals surface area contributed by atoms with Crippen molar-refractivity contribution in [2.45, 2.75) is 77.4 Å². The summed E-state index contributed by atoms with van der Waals surface area (Å²) in [6.07, 6.45) is 6.98. The van der Waals surface area contributed by atoms with Gasteiger partial charge in [-0.05, 0) is 56.5 Å². The van der Waals surface area contributed by atoms with Crippen LogP contribution in [0.3, 0.4) is 0 Å². The molecule has 2 aliphatic rings. The molecule has 158 valence electrons. The number of piperazine rings is 1.